The van der Waals surface area contributed by atoms with Gasteiger partial charge in [-0.3, -0.25) is 0 Å². The molecule has 3 heterocycles. The van der Waals surface area contributed by atoms with Gasteiger partial charge in [0.25, 0.3) is 0 Å². The highest BCUT2D eigenvalue weighted by Crippen LogP contribution is 2.42. The normalized spacial score (nSPS) is 18.9. The summed E-state index contributed by atoms with van der Waals surface area (Å²) in [5, 5.41) is 4.48. The highest BCUT2D eigenvalue weighted by atomic mass is 32.1. The van der Waals surface area contributed by atoms with E-state index in [1.165, 1.54) is 46.0 Å². The molecule has 1 N–H and O–H groups in total. The van der Waals surface area contributed by atoms with Crippen LogP contribution in [0.5, 0.6) is 0 Å². The zero-order chi connectivity index (χ0) is 18.3. The zero-order valence-electron chi connectivity index (χ0n) is 16.0. The molecule has 0 aromatic carbocycles. The third-order valence-corrected chi connectivity index (χ3v) is 7.07. The number of carbonyl (C=O) groups excluding carboxylic acids is 1. The van der Waals surface area contributed by atoms with Crippen molar-refractivity contribution in [2.45, 2.75) is 65.5 Å². The molecule has 1 aliphatic carbocycles. The molecule has 2 aromatic heterocycles. The first-order valence-electron chi connectivity index (χ1n) is 9.91. The Balaban J connectivity index is 1.68. The Morgan fingerprint density at radius 2 is 2.12 bits per heavy atom. The molecule has 0 radical (unpaired) electrons. The maximum Gasteiger partial charge on any atom is 0.318 e. The molecule has 26 heavy (non-hydrogen) atoms. The quantitative estimate of drug-likeness (QED) is 0.805. The molecule has 2 amide bonds. The lowest BCUT2D eigenvalue weighted by Crippen LogP contribution is -2.41. The monoisotopic (exact) mass is 371 g/mol. The number of amides is 2. The molecular weight excluding hydrogens is 342 g/mol. The highest BCUT2D eigenvalue weighted by molar-refractivity contribution is 7.15. The van der Waals surface area contributed by atoms with Crippen LogP contribution in [-0.2, 0) is 19.4 Å². The minimum absolute atomic E-state index is 0.0644. The van der Waals surface area contributed by atoms with Crippen LogP contribution in [0.15, 0.2) is 18.3 Å². The van der Waals surface area contributed by atoms with E-state index in [4.69, 9.17) is 0 Å². The Bertz CT molecular complexity index is 804. The minimum Gasteiger partial charge on any atom is -0.338 e. The van der Waals surface area contributed by atoms with Crippen LogP contribution in [0.1, 0.15) is 67.8 Å². The molecule has 4 rings (SSSR count). The van der Waals surface area contributed by atoms with Crippen molar-refractivity contribution < 1.29 is 4.79 Å². The number of rotatable bonds is 3. The second kappa shape index (κ2) is 7.10. The Morgan fingerprint density at radius 3 is 2.92 bits per heavy atom. The molecule has 0 spiro atoms. The Labute approximate surface area is 160 Å². The summed E-state index contributed by atoms with van der Waals surface area (Å²) in [6.07, 6.45) is 8.09. The number of fused-ring (bicyclic) bond motifs is 5. The van der Waals surface area contributed by atoms with E-state index in [0.29, 0.717) is 5.92 Å². The second-order valence-electron chi connectivity index (χ2n) is 8.02. The van der Waals surface area contributed by atoms with E-state index in [0.717, 1.165) is 25.9 Å². The summed E-state index contributed by atoms with van der Waals surface area (Å²) in [5.74, 6) is 0.601. The molecule has 2 aromatic rings. The fraction of sp³-hybridized carbons (Fsp3) is 0.571. The van der Waals surface area contributed by atoms with E-state index in [9.17, 15) is 4.79 Å². The summed E-state index contributed by atoms with van der Waals surface area (Å²) >= 11 is 1.94. The van der Waals surface area contributed by atoms with E-state index >= 15 is 0 Å². The molecule has 0 unspecified atom stereocenters. The van der Waals surface area contributed by atoms with Crippen molar-refractivity contribution in [3.05, 3.63) is 40.0 Å². The van der Waals surface area contributed by atoms with Crippen LogP contribution in [0.3, 0.4) is 0 Å². The number of carbonyl (C=O) groups is 1. The van der Waals surface area contributed by atoms with Crippen LogP contribution in [0, 0.1) is 5.92 Å². The SMILES string of the molecule is CC(C)CCNC(=O)N1Cc2c(sc3c2CCCC3)-n2cccc2[C@H]1C. The van der Waals surface area contributed by atoms with Gasteiger partial charge in [-0.1, -0.05) is 13.8 Å². The van der Waals surface area contributed by atoms with E-state index in [2.05, 4.69) is 49.0 Å². The van der Waals surface area contributed by atoms with Gasteiger partial charge in [-0.05, 0) is 62.6 Å². The van der Waals surface area contributed by atoms with E-state index in [1.807, 2.05) is 16.2 Å². The number of thiophene rings is 1. The number of nitrogens with one attached hydrogen (secondary N) is 1. The molecule has 140 valence electrons. The number of aromatic nitrogens is 1. The lowest BCUT2D eigenvalue weighted by atomic mass is 9.95. The van der Waals surface area contributed by atoms with Crippen LogP contribution in [-0.4, -0.2) is 22.0 Å². The van der Waals surface area contributed by atoms with Gasteiger partial charge in [0.05, 0.1) is 12.6 Å². The molecule has 0 saturated heterocycles. The highest BCUT2D eigenvalue weighted by Gasteiger charge is 2.32. The van der Waals surface area contributed by atoms with Gasteiger partial charge in [-0.15, -0.1) is 11.3 Å². The van der Waals surface area contributed by atoms with Crippen molar-refractivity contribution in [2.24, 2.45) is 5.92 Å². The standard InChI is InChI=1S/C21H29N3OS/c1-14(2)10-11-22-21(25)24-13-17-16-7-4-5-9-19(16)26-20(17)23-12-6-8-18(23)15(24)3/h6,8,12,14-15H,4-5,7,9-11,13H2,1-3H3,(H,22,25)/t15-/m1/s1. The largest absolute Gasteiger partial charge is 0.338 e. The number of nitrogens with zero attached hydrogens (tertiary/aromatic N) is 2. The van der Waals surface area contributed by atoms with Crippen molar-refractivity contribution >= 4 is 17.4 Å². The van der Waals surface area contributed by atoms with Crippen molar-refractivity contribution in [1.29, 1.82) is 0 Å². The first kappa shape index (κ1) is 17.7. The molecule has 4 nitrogen and oxygen atoms in total. The van der Waals surface area contributed by atoms with Crippen LogP contribution < -0.4 is 5.32 Å². The lowest BCUT2D eigenvalue weighted by molar-refractivity contribution is 0.174. The second-order valence-corrected chi connectivity index (χ2v) is 9.10. The Kier molecular flexibility index (Phi) is 4.82. The fourth-order valence-electron chi connectivity index (χ4n) is 4.18. The first-order valence-corrected chi connectivity index (χ1v) is 10.7. The summed E-state index contributed by atoms with van der Waals surface area (Å²) in [6, 6.07) is 4.40. The van der Waals surface area contributed by atoms with Gasteiger partial charge in [0, 0.05) is 28.9 Å². The molecule has 0 saturated carbocycles. The maximum absolute atomic E-state index is 13.0. The number of hydrogen-bond donors (Lipinski definition) is 1. The molecule has 5 heteroatoms. The van der Waals surface area contributed by atoms with E-state index in [-0.39, 0.29) is 12.1 Å². The summed E-state index contributed by atoms with van der Waals surface area (Å²) in [5.41, 5.74) is 4.11. The van der Waals surface area contributed by atoms with Crippen LogP contribution >= 0.6 is 11.3 Å². The van der Waals surface area contributed by atoms with Gasteiger partial charge < -0.3 is 14.8 Å². The van der Waals surface area contributed by atoms with Crippen molar-refractivity contribution in [2.75, 3.05) is 6.54 Å². The zero-order valence-corrected chi connectivity index (χ0v) is 16.9. The molecule has 1 atom stereocenters. The van der Waals surface area contributed by atoms with Crippen LogP contribution in [0.25, 0.3) is 5.00 Å². The van der Waals surface area contributed by atoms with Crippen molar-refractivity contribution in [3.8, 4) is 5.00 Å². The maximum atomic E-state index is 13.0. The molecule has 2 aliphatic rings. The fourth-order valence-corrected chi connectivity index (χ4v) is 5.58. The van der Waals surface area contributed by atoms with Crippen molar-refractivity contribution in [1.82, 2.24) is 14.8 Å². The predicted octanol–water partition coefficient (Wildman–Crippen LogP) is 5.05. The molecule has 0 bridgehead atoms. The van der Waals surface area contributed by atoms with Gasteiger partial charge in [0.1, 0.15) is 5.00 Å². The predicted molar refractivity (Wildman–Crippen MR) is 107 cm³/mol. The summed E-state index contributed by atoms with van der Waals surface area (Å²) in [7, 11) is 0. The van der Waals surface area contributed by atoms with Gasteiger partial charge in [0.2, 0.25) is 0 Å². The van der Waals surface area contributed by atoms with Gasteiger partial charge in [-0.25, -0.2) is 4.79 Å². The Hall–Kier alpha value is -1.75. The molecule has 0 fully saturated rings. The van der Waals surface area contributed by atoms with Gasteiger partial charge in [-0.2, -0.15) is 0 Å². The number of hydrogen-bond acceptors (Lipinski definition) is 2. The van der Waals surface area contributed by atoms with Gasteiger partial charge in [0.15, 0.2) is 0 Å². The van der Waals surface area contributed by atoms with E-state index < -0.39 is 0 Å². The number of urea groups is 1. The minimum atomic E-state index is 0.0644. The first-order chi connectivity index (χ1) is 12.6. The third-order valence-electron chi connectivity index (χ3n) is 5.74. The third kappa shape index (κ3) is 3.07. The average molecular weight is 372 g/mol. The lowest BCUT2D eigenvalue weighted by Gasteiger charge is -2.28. The summed E-state index contributed by atoms with van der Waals surface area (Å²) < 4.78 is 2.32. The van der Waals surface area contributed by atoms with Crippen LogP contribution in [0.4, 0.5) is 4.79 Å². The van der Waals surface area contributed by atoms with Crippen molar-refractivity contribution in [3.63, 3.8) is 0 Å². The smallest absolute Gasteiger partial charge is 0.318 e. The summed E-state index contributed by atoms with van der Waals surface area (Å²) in [6.45, 7) is 8.00. The molecular formula is C21H29N3OS. The van der Waals surface area contributed by atoms with E-state index in [1.54, 1.807) is 0 Å². The average Bonchev–Trinajstić information content (AvgIpc) is 3.21. The Morgan fingerprint density at radius 1 is 1.31 bits per heavy atom. The van der Waals surface area contributed by atoms with Gasteiger partial charge >= 0.3 is 6.03 Å². The van der Waals surface area contributed by atoms with Crippen LogP contribution in [0.2, 0.25) is 0 Å². The molecule has 1 aliphatic heterocycles. The topological polar surface area (TPSA) is 37.3 Å². The summed E-state index contributed by atoms with van der Waals surface area (Å²) in [4.78, 5) is 16.5. The number of aryl methyl sites for hydroxylation is 1.